The molecule has 6 heteroatoms. The van der Waals surface area contributed by atoms with E-state index < -0.39 is 6.04 Å². The van der Waals surface area contributed by atoms with Gasteiger partial charge in [0.15, 0.2) is 0 Å². The van der Waals surface area contributed by atoms with Crippen LogP contribution in [-0.4, -0.2) is 23.6 Å². The number of nitrogens with one attached hydrogen (secondary N) is 2. The van der Waals surface area contributed by atoms with Crippen LogP contribution in [0.3, 0.4) is 0 Å². The van der Waals surface area contributed by atoms with Crippen LogP contribution in [0.5, 0.6) is 0 Å². The highest BCUT2D eigenvalue weighted by Crippen LogP contribution is 2.22. The van der Waals surface area contributed by atoms with Crippen LogP contribution in [0.25, 0.3) is 0 Å². The summed E-state index contributed by atoms with van der Waals surface area (Å²) in [5, 5.41) is 5.88. The van der Waals surface area contributed by atoms with Gasteiger partial charge < -0.3 is 10.6 Å². The molecule has 2 N–H and O–H groups in total. The summed E-state index contributed by atoms with van der Waals surface area (Å²) in [7, 11) is 0. The molecule has 3 aromatic rings. The van der Waals surface area contributed by atoms with Crippen molar-refractivity contribution in [2.45, 2.75) is 24.9 Å². The van der Waals surface area contributed by atoms with Crippen molar-refractivity contribution < 1.29 is 14.0 Å². The molecule has 1 atom stereocenters. The summed E-state index contributed by atoms with van der Waals surface area (Å²) in [6.07, 6.45) is 0.456. The standard InChI is InChI=1S/C25H25FN2O2S/c26-21-13-11-18(12-14-21)17-22(27-23(29)15-16-31)25(30)28-24(19-7-3-1-4-8-19)20-9-5-2-6-10-20/h1-14,22,24,31H,15-17H2,(H,27,29)(H,28,30)/t22-/m0/s1. The second-order valence-electron chi connectivity index (χ2n) is 7.19. The number of thiol groups is 1. The topological polar surface area (TPSA) is 58.2 Å². The number of carbonyl (C=O) groups excluding carboxylic acids is 2. The molecule has 2 amide bonds. The molecule has 3 rings (SSSR count). The van der Waals surface area contributed by atoms with E-state index in [-0.39, 0.29) is 36.5 Å². The van der Waals surface area contributed by atoms with Crippen LogP contribution in [0.4, 0.5) is 4.39 Å². The van der Waals surface area contributed by atoms with Crippen molar-refractivity contribution in [3.05, 3.63) is 107 Å². The van der Waals surface area contributed by atoms with E-state index in [1.807, 2.05) is 60.7 Å². The summed E-state index contributed by atoms with van der Waals surface area (Å²) in [5.74, 6) is -0.534. The number of halogens is 1. The molecule has 0 aliphatic heterocycles. The molecule has 0 aliphatic carbocycles. The van der Waals surface area contributed by atoms with Gasteiger partial charge in [-0.1, -0.05) is 72.8 Å². The monoisotopic (exact) mass is 436 g/mol. The fraction of sp³-hybridized carbons (Fsp3) is 0.200. The first-order valence-corrected chi connectivity index (χ1v) is 10.7. The van der Waals surface area contributed by atoms with Crippen molar-refractivity contribution in [1.82, 2.24) is 10.6 Å². The van der Waals surface area contributed by atoms with Gasteiger partial charge in [-0.05, 0) is 34.6 Å². The van der Waals surface area contributed by atoms with Gasteiger partial charge in [-0.25, -0.2) is 4.39 Å². The number of hydrogen-bond donors (Lipinski definition) is 3. The maximum atomic E-state index is 13.3. The zero-order chi connectivity index (χ0) is 22.1. The molecule has 0 aliphatic rings. The second-order valence-corrected chi connectivity index (χ2v) is 7.63. The van der Waals surface area contributed by atoms with E-state index in [2.05, 4.69) is 23.3 Å². The van der Waals surface area contributed by atoms with Crippen molar-refractivity contribution in [3.8, 4) is 0 Å². The van der Waals surface area contributed by atoms with Crippen LogP contribution in [0, 0.1) is 5.82 Å². The van der Waals surface area contributed by atoms with E-state index in [1.165, 1.54) is 12.1 Å². The predicted octanol–water partition coefficient (Wildman–Crippen LogP) is 4.08. The lowest BCUT2D eigenvalue weighted by Gasteiger charge is -2.24. The molecule has 3 aromatic carbocycles. The summed E-state index contributed by atoms with van der Waals surface area (Å²) in [4.78, 5) is 25.5. The third-order valence-electron chi connectivity index (χ3n) is 4.90. The smallest absolute Gasteiger partial charge is 0.243 e. The highest BCUT2D eigenvalue weighted by atomic mass is 32.1. The molecule has 0 radical (unpaired) electrons. The summed E-state index contributed by atoms with van der Waals surface area (Å²) < 4.78 is 13.3. The summed E-state index contributed by atoms with van der Waals surface area (Å²) in [5.41, 5.74) is 2.62. The van der Waals surface area contributed by atoms with Crippen LogP contribution < -0.4 is 10.6 Å². The van der Waals surface area contributed by atoms with Crippen LogP contribution >= 0.6 is 12.6 Å². The van der Waals surface area contributed by atoms with E-state index in [0.717, 1.165) is 16.7 Å². The first-order chi connectivity index (χ1) is 15.1. The molecule has 31 heavy (non-hydrogen) atoms. The Balaban J connectivity index is 1.85. The van der Waals surface area contributed by atoms with Gasteiger partial charge in [-0.2, -0.15) is 12.6 Å². The molecule has 0 spiro atoms. The Kier molecular flexibility index (Phi) is 8.24. The van der Waals surface area contributed by atoms with Gasteiger partial charge in [0.25, 0.3) is 0 Å². The van der Waals surface area contributed by atoms with E-state index in [9.17, 15) is 14.0 Å². The molecule has 0 saturated heterocycles. The number of hydrogen-bond acceptors (Lipinski definition) is 3. The maximum absolute atomic E-state index is 13.3. The average Bonchev–Trinajstić information content (AvgIpc) is 2.79. The van der Waals surface area contributed by atoms with E-state index in [4.69, 9.17) is 0 Å². The minimum Gasteiger partial charge on any atom is -0.344 e. The maximum Gasteiger partial charge on any atom is 0.243 e. The molecule has 0 aromatic heterocycles. The van der Waals surface area contributed by atoms with Gasteiger partial charge >= 0.3 is 0 Å². The minimum absolute atomic E-state index is 0.205. The predicted molar refractivity (Wildman–Crippen MR) is 123 cm³/mol. The van der Waals surface area contributed by atoms with Crippen molar-refractivity contribution >= 4 is 24.4 Å². The Hall–Kier alpha value is -3.12. The Morgan fingerprint density at radius 1 is 0.806 bits per heavy atom. The van der Waals surface area contributed by atoms with Crippen LogP contribution in [0.15, 0.2) is 84.9 Å². The number of rotatable bonds is 9. The highest BCUT2D eigenvalue weighted by Gasteiger charge is 2.25. The van der Waals surface area contributed by atoms with Gasteiger partial charge in [-0.15, -0.1) is 0 Å². The lowest BCUT2D eigenvalue weighted by Crippen LogP contribution is -2.49. The summed E-state index contributed by atoms with van der Waals surface area (Å²) >= 11 is 4.09. The minimum atomic E-state index is -0.798. The van der Waals surface area contributed by atoms with Crippen molar-refractivity contribution in [2.75, 3.05) is 5.75 Å². The SMILES string of the molecule is O=C(CCS)N[C@@H](Cc1ccc(F)cc1)C(=O)NC(c1ccccc1)c1ccccc1. The largest absolute Gasteiger partial charge is 0.344 e. The average molecular weight is 437 g/mol. The molecule has 0 fully saturated rings. The van der Waals surface area contributed by atoms with Gasteiger partial charge in [-0.3, -0.25) is 9.59 Å². The van der Waals surface area contributed by atoms with Gasteiger partial charge in [0.1, 0.15) is 11.9 Å². The molecule has 160 valence electrons. The molecular formula is C25H25FN2O2S. The van der Waals surface area contributed by atoms with E-state index in [1.54, 1.807) is 12.1 Å². The highest BCUT2D eigenvalue weighted by molar-refractivity contribution is 7.80. The Morgan fingerprint density at radius 3 is 1.87 bits per heavy atom. The molecule has 0 unspecified atom stereocenters. The van der Waals surface area contributed by atoms with Crippen LogP contribution in [0.2, 0.25) is 0 Å². The summed E-state index contributed by atoms with van der Waals surface area (Å²) in [6, 6.07) is 24.1. The van der Waals surface area contributed by atoms with Crippen LogP contribution in [-0.2, 0) is 16.0 Å². The molecule has 0 heterocycles. The third kappa shape index (κ3) is 6.69. The first-order valence-electron chi connectivity index (χ1n) is 10.1. The van der Waals surface area contributed by atoms with Gasteiger partial charge in [0.2, 0.25) is 11.8 Å². The fourth-order valence-electron chi connectivity index (χ4n) is 3.33. The fourth-order valence-corrected chi connectivity index (χ4v) is 3.53. The number of benzene rings is 3. The van der Waals surface area contributed by atoms with Gasteiger partial charge in [0.05, 0.1) is 6.04 Å². The van der Waals surface area contributed by atoms with E-state index in [0.29, 0.717) is 5.75 Å². The lowest BCUT2D eigenvalue weighted by molar-refractivity contribution is -0.129. The molecule has 4 nitrogen and oxygen atoms in total. The van der Waals surface area contributed by atoms with Crippen molar-refractivity contribution in [3.63, 3.8) is 0 Å². The second kappa shape index (κ2) is 11.3. The molecule has 0 bridgehead atoms. The normalized spacial score (nSPS) is 11.7. The van der Waals surface area contributed by atoms with Gasteiger partial charge in [0, 0.05) is 12.8 Å². The number of carbonyl (C=O) groups is 2. The Morgan fingerprint density at radius 2 is 1.35 bits per heavy atom. The summed E-state index contributed by atoms with van der Waals surface area (Å²) in [6.45, 7) is 0. The zero-order valence-electron chi connectivity index (χ0n) is 17.0. The van der Waals surface area contributed by atoms with Crippen molar-refractivity contribution in [1.29, 1.82) is 0 Å². The number of amides is 2. The van der Waals surface area contributed by atoms with Crippen molar-refractivity contribution in [2.24, 2.45) is 0 Å². The van der Waals surface area contributed by atoms with E-state index >= 15 is 0 Å². The zero-order valence-corrected chi connectivity index (χ0v) is 17.9. The third-order valence-corrected chi connectivity index (χ3v) is 5.12. The van der Waals surface area contributed by atoms with Crippen LogP contribution in [0.1, 0.15) is 29.2 Å². The molecular weight excluding hydrogens is 411 g/mol. The quantitative estimate of drug-likeness (QED) is 0.443. The lowest BCUT2D eigenvalue weighted by atomic mass is 9.97. The Labute approximate surface area is 187 Å². The first kappa shape index (κ1) is 22.6. The molecule has 0 saturated carbocycles. The Bertz CT molecular complexity index is 942.